The normalized spacial score (nSPS) is 34.4. The summed E-state index contributed by atoms with van der Waals surface area (Å²) in [6.45, 7) is 1.95. The van der Waals surface area contributed by atoms with Crippen LogP contribution in [0.4, 0.5) is 4.39 Å². The Balaban J connectivity index is 2.51. The van der Waals surface area contributed by atoms with E-state index in [2.05, 4.69) is 0 Å². The van der Waals surface area contributed by atoms with Crippen LogP contribution >= 0.6 is 0 Å². The van der Waals surface area contributed by atoms with Crippen LogP contribution in [0.2, 0.25) is 0 Å². The Hall–Kier alpha value is -0.400. The molecule has 1 fully saturated rings. The second-order valence-corrected chi connectivity index (χ2v) is 2.91. The summed E-state index contributed by atoms with van der Waals surface area (Å²) in [4.78, 5) is 11.0. The first-order valence-corrected chi connectivity index (χ1v) is 3.93. The van der Waals surface area contributed by atoms with E-state index in [0.717, 1.165) is 19.3 Å². The third kappa shape index (κ3) is 1.36. The maximum absolute atomic E-state index is 12.7. The van der Waals surface area contributed by atoms with Crippen LogP contribution in [-0.2, 0) is 4.79 Å². The van der Waals surface area contributed by atoms with Crippen molar-refractivity contribution in [3.05, 3.63) is 0 Å². The molecular weight excluding hydrogens is 131 g/mol. The molecule has 0 unspecified atom stereocenters. The van der Waals surface area contributed by atoms with Gasteiger partial charge in [-0.1, -0.05) is 6.92 Å². The van der Waals surface area contributed by atoms with Gasteiger partial charge in [-0.25, -0.2) is 4.39 Å². The van der Waals surface area contributed by atoms with Gasteiger partial charge in [-0.3, -0.25) is 4.79 Å². The lowest BCUT2D eigenvalue weighted by molar-refractivity contribution is -0.130. The topological polar surface area (TPSA) is 17.1 Å². The van der Waals surface area contributed by atoms with Crippen LogP contribution in [0.3, 0.4) is 0 Å². The minimum atomic E-state index is -1.15. The molecule has 0 aliphatic heterocycles. The number of hydrogen-bond acceptors (Lipinski definition) is 1. The maximum Gasteiger partial charge on any atom is 0.169 e. The molecule has 0 N–H and O–H groups in total. The summed E-state index contributed by atoms with van der Waals surface area (Å²) in [7, 11) is 0. The molecule has 0 radical (unpaired) electrons. The van der Waals surface area contributed by atoms with Crippen LogP contribution in [-0.4, -0.2) is 12.0 Å². The minimum Gasteiger partial charge on any atom is -0.296 e. The third-order valence-corrected chi connectivity index (χ3v) is 2.21. The van der Waals surface area contributed by atoms with Gasteiger partial charge in [0.15, 0.2) is 12.0 Å². The molecule has 10 heavy (non-hydrogen) atoms. The standard InChI is InChI=1S/C8H13FO/c1-2-6-4-3-5-7(9)8(6)10/h6-7H,2-5H2,1H3/t6-,7-/m1/s1. The zero-order valence-corrected chi connectivity index (χ0v) is 6.27. The second-order valence-electron chi connectivity index (χ2n) is 2.91. The fraction of sp³-hybridized carbons (Fsp3) is 0.875. The Morgan fingerprint density at radius 1 is 1.60 bits per heavy atom. The van der Waals surface area contributed by atoms with Crippen LogP contribution in [0.15, 0.2) is 0 Å². The maximum atomic E-state index is 12.7. The van der Waals surface area contributed by atoms with E-state index >= 15 is 0 Å². The largest absolute Gasteiger partial charge is 0.296 e. The van der Waals surface area contributed by atoms with Crippen LogP contribution in [0, 0.1) is 5.92 Å². The van der Waals surface area contributed by atoms with Gasteiger partial charge in [-0.05, 0) is 25.7 Å². The van der Waals surface area contributed by atoms with E-state index in [-0.39, 0.29) is 11.7 Å². The lowest BCUT2D eigenvalue weighted by Gasteiger charge is -2.21. The minimum absolute atomic E-state index is 0.0174. The van der Waals surface area contributed by atoms with Crippen molar-refractivity contribution in [2.24, 2.45) is 5.92 Å². The summed E-state index contributed by atoms with van der Waals surface area (Å²) < 4.78 is 12.7. The average molecular weight is 144 g/mol. The molecular formula is C8H13FO. The molecule has 0 aromatic carbocycles. The SMILES string of the molecule is CC[C@@H]1CCC[C@@H](F)C1=O. The van der Waals surface area contributed by atoms with Crippen molar-refractivity contribution in [2.75, 3.05) is 0 Å². The van der Waals surface area contributed by atoms with Crippen molar-refractivity contribution >= 4 is 5.78 Å². The highest BCUT2D eigenvalue weighted by Gasteiger charge is 2.29. The first-order valence-electron chi connectivity index (χ1n) is 3.93. The van der Waals surface area contributed by atoms with E-state index in [1.165, 1.54) is 0 Å². The van der Waals surface area contributed by atoms with Gasteiger partial charge in [-0.15, -0.1) is 0 Å². The first kappa shape index (κ1) is 7.70. The molecule has 0 saturated heterocycles. The highest BCUT2D eigenvalue weighted by atomic mass is 19.1. The summed E-state index contributed by atoms with van der Waals surface area (Å²) in [5, 5.41) is 0. The van der Waals surface area contributed by atoms with Gasteiger partial charge in [0, 0.05) is 5.92 Å². The summed E-state index contributed by atoms with van der Waals surface area (Å²) in [6.07, 6.45) is 1.88. The quantitative estimate of drug-likeness (QED) is 0.550. The van der Waals surface area contributed by atoms with E-state index in [1.807, 2.05) is 6.92 Å². The molecule has 0 amide bonds. The molecule has 0 aromatic rings. The van der Waals surface area contributed by atoms with Crippen molar-refractivity contribution in [1.29, 1.82) is 0 Å². The molecule has 1 rings (SSSR count). The molecule has 1 nitrogen and oxygen atoms in total. The van der Waals surface area contributed by atoms with Crippen molar-refractivity contribution in [3.8, 4) is 0 Å². The van der Waals surface area contributed by atoms with Crippen molar-refractivity contribution in [1.82, 2.24) is 0 Å². The summed E-state index contributed by atoms with van der Waals surface area (Å²) in [5.41, 5.74) is 0. The Morgan fingerprint density at radius 2 is 2.30 bits per heavy atom. The fourth-order valence-corrected chi connectivity index (χ4v) is 1.49. The molecule has 0 bridgehead atoms. The Morgan fingerprint density at radius 3 is 2.80 bits per heavy atom. The van der Waals surface area contributed by atoms with Crippen LogP contribution in [0.25, 0.3) is 0 Å². The predicted molar refractivity (Wildman–Crippen MR) is 37.5 cm³/mol. The van der Waals surface area contributed by atoms with Crippen LogP contribution in [0.5, 0.6) is 0 Å². The number of Topliss-reactive ketones (excluding diaryl/α,β-unsaturated/α-hetero) is 1. The lowest BCUT2D eigenvalue weighted by atomic mass is 9.85. The van der Waals surface area contributed by atoms with Crippen molar-refractivity contribution in [2.45, 2.75) is 38.8 Å². The molecule has 1 saturated carbocycles. The average Bonchev–Trinajstić information content (AvgIpc) is 1.95. The summed E-state index contributed by atoms with van der Waals surface area (Å²) >= 11 is 0. The number of alkyl halides is 1. The number of carbonyl (C=O) groups excluding carboxylic acids is 1. The van der Waals surface area contributed by atoms with E-state index in [4.69, 9.17) is 0 Å². The van der Waals surface area contributed by atoms with E-state index in [9.17, 15) is 9.18 Å². The monoisotopic (exact) mass is 144 g/mol. The molecule has 0 heterocycles. The molecule has 1 aliphatic carbocycles. The van der Waals surface area contributed by atoms with Gasteiger partial charge in [0.2, 0.25) is 0 Å². The number of hydrogen-bond donors (Lipinski definition) is 0. The van der Waals surface area contributed by atoms with Gasteiger partial charge in [0.25, 0.3) is 0 Å². The molecule has 0 spiro atoms. The molecule has 2 heteroatoms. The van der Waals surface area contributed by atoms with Gasteiger partial charge >= 0.3 is 0 Å². The van der Waals surface area contributed by atoms with Gasteiger partial charge in [0.05, 0.1) is 0 Å². The third-order valence-electron chi connectivity index (χ3n) is 2.21. The lowest BCUT2D eigenvalue weighted by Crippen LogP contribution is -2.28. The molecule has 0 aromatic heterocycles. The number of carbonyl (C=O) groups is 1. The van der Waals surface area contributed by atoms with Gasteiger partial charge < -0.3 is 0 Å². The molecule has 2 atom stereocenters. The Kier molecular flexibility index (Phi) is 2.41. The Labute approximate surface area is 60.6 Å². The molecule has 58 valence electrons. The summed E-state index contributed by atoms with van der Waals surface area (Å²) in [5.74, 6) is -0.141. The van der Waals surface area contributed by atoms with Gasteiger partial charge in [0.1, 0.15) is 0 Å². The zero-order chi connectivity index (χ0) is 7.56. The predicted octanol–water partition coefficient (Wildman–Crippen LogP) is 2.10. The second kappa shape index (κ2) is 3.13. The summed E-state index contributed by atoms with van der Waals surface area (Å²) in [6, 6.07) is 0. The highest BCUT2D eigenvalue weighted by Crippen LogP contribution is 2.24. The van der Waals surface area contributed by atoms with E-state index in [0.29, 0.717) is 6.42 Å². The smallest absolute Gasteiger partial charge is 0.169 e. The number of ketones is 1. The van der Waals surface area contributed by atoms with Crippen molar-refractivity contribution in [3.63, 3.8) is 0 Å². The van der Waals surface area contributed by atoms with Gasteiger partial charge in [-0.2, -0.15) is 0 Å². The first-order chi connectivity index (χ1) is 4.75. The number of halogens is 1. The van der Waals surface area contributed by atoms with Crippen molar-refractivity contribution < 1.29 is 9.18 Å². The molecule has 1 aliphatic rings. The van der Waals surface area contributed by atoms with E-state index in [1.54, 1.807) is 0 Å². The van der Waals surface area contributed by atoms with Crippen LogP contribution < -0.4 is 0 Å². The highest BCUT2D eigenvalue weighted by molar-refractivity contribution is 5.85. The Bertz CT molecular complexity index is 133. The van der Waals surface area contributed by atoms with Crippen LogP contribution in [0.1, 0.15) is 32.6 Å². The van der Waals surface area contributed by atoms with E-state index < -0.39 is 6.17 Å². The number of rotatable bonds is 1. The fourth-order valence-electron chi connectivity index (χ4n) is 1.49. The zero-order valence-electron chi connectivity index (χ0n) is 6.27.